The van der Waals surface area contributed by atoms with Crippen LogP contribution in [0, 0.1) is 12.3 Å². The van der Waals surface area contributed by atoms with Gasteiger partial charge in [0.05, 0.1) is 11.3 Å². The number of hydrogen-bond donors (Lipinski definition) is 0. The van der Waals surface area contributed by atoms with E-state index in [9.17, 15) is 0 Å². The first kappa shape index (κ1) is 18.8. The van der Waals surface area contributed by atoms with E-state index in [4.69, 9.17) is 6.42 Å². The second-order valence-corrected chi connectivity index (χ2v) is 6.35. The van der Waals surface area contributed by atoms with E-state index in [1.165, 1.54) is 5.56 Å². The molecule has 0 aliphatic carbocycles. The van der Waals surface area contributed by atoms with Crippen LogP contribution in [0.25, 0.3) is 0 Å². The molecule has 23 heavy (non-hydrogen) atoms. The maximum atomic E-state index is 5.71. The van der Waals surface area contributed by atoms with Crippen molar-refractivity contribution in [1.29, 1.82) is 0 Å². The summed E-state index contributed by atoms with van der Waals surface area (Å²) in [5.41, 5.74) is 3.86. The number of allylic oxidation sites excluding steroid dienone is 4. The van der Waals surface area contributed by atoms with Gasteiger partial charge in [-0.3, -0.25) is 4.99 Å². The van der Waals surface area contributed by atoms with E-state index < -0.39 is 0 Å². The number of hydrogen-bond acceptors (Lipinski definition) is 2. The fraction of sp³-hybridized carbons (Fsp3) is 0.190. The van der Waals surface area contributed by atoms with E-state index in [-0.39, 0.29) is 0 Å². The highest BCUT2D eigenvalue weighted by Crippen LogP contribution is 2.32. The molecule has 0 radical (unpaired) electrons. The van der Waals surface area contributed by atoms with Gasteiger partial charge in [0.15, 0.2) is 0 Å². The molecule has 0 fully saturated rings. The fourth-order valence-corrected chi connectivity index (χ4v) is 2.89. The van der Waals surface area contributed by atoms with Gasteiger partial charge in [-0.05, 0) is 51.0 Å². The number of rotatable bonds is 7. The Morgan fingerprint density at radius 2 is 2.13 bits per heavy atom. The molecule has 0 aromatic heterocycles. The summed E-state index contributed by atoms with van der Waals surface area (Å²) in [6.07, 6.45) is 12.2. The third-order valence-electron chi connectivity index (χ3n) is 2.89. The van der Waals surface area contributed by atoms with Gasteiger partial charge in [-0.25, -0.2) is 0 Å². The molecule has 1 aromatic rings. The molecule has 0 saturated carbocycles. The Hall–Kier alpha value is -2.24. The standard InChI is InChI=1S/C21H23NS/c1-7-11-18-12-10-13-19(15-18)23-17(6)20(8-2)21(22-9-3)14-16(4)5/h2,7,9-10,12-15H,1,6,11H2,3-5H3/b21-20-,22-9-. The quantitative estimate of drug-likeness (QED) is 0.198. The summed E-state index contributed by atoms with van der Waals surface area (Å²) in [6.45, 7) is 13.8. The second kappa shape index (κ2) is 9.71. The highest BCUT2D eigenvalue weighted by atomic mass is 32.2. The summed E-state index contributed by atoms with van der Waals surface area (Å²) in [7, 11) is 0. The molecule has 118 valence electrons. The highest BCUT2D eigenvalue weighted by Gasteiger charge is 2.08. The SMILES string of the molecule is C#C/C(C(=C)Sc1cccc(CC=C)c1)=C(C=C(C)C)/N=C\C. The van der Waals surface area contributed by atoms with Gasteiger partial charge < -0.3 is 0 Å². The van der Waals surface area contributed by atoms with Gasteiger partial charge in [-0.1, -0.05) is 48.0 Å². The summed E-state index contributed by atoms with van der Waals surface area (Å²) < 4.78 is 0. The molecule has 2 heteroatoms. The molecule has 1 rings (SSSR count). The van der Waals surface area contributed by atoms with Crippen LogP contribution in [0.5, 0.6) is 0 Å². The van der Waals surface area contributed by atoms with E-state index >= 15 is 0 Å². The van der Waals surface area contributed by atoms with Gasteiger partial charge >= 0.3 is 0 Å². The first-order valence-corrected chi connectivity index (χ1v) is 8.24. The van der Waals surface area contributed by atoms with Crippen LogP contribution in [0.2, 0.25) is 0 Å². The summed E-state index contributed by atoms with van der Waals surface area (Å²) in [5.74, 6) is 2.74. The van der Waals surface area contributed by atoms with Crippen LogP contribution in [0.4, 0.5) is 0 Å². The minimum atomic E-state index is 0.725. The third kappa shape index (κ3) is 6.18. The average Bonchev–Trinajstić information content (AvgIpc) is 2.48. The lowest BCUT2D eigenvalue weighted by atomic mass is 10.1. The van der Waals surface area contributed by atoms with E-state index in [0.29, 0.717) is 0 Å². The molecule has 0 aliphatic rings. The topological polar surface area (TPSA) is 12.4 Å². The van der Waals surface area contributed by atoms with Crippen molar-refractivity contribution in [3.05, 3.63) is 76.9 Å². The minimum absolute atomic E-state index is 0.725. The Morgan fingerprint density at radius 1 is 1.39 bits per heavy atom. The smallest absolute Gasteiger partial charge is 0.0792 e. The first-order valence-electron chi connectivity index (χ1n) is 7.43. The summed E-state index contributed by atoms with van der Waals surface area (Å²) in [4.78, 5) is 6.32. The maximum absolute atomic E-state index is 5.71. The van der Waals surface area contributed by atoms with Crippen molar-refractivity contribution in [2.75, 3.05) is 0 Å². The van der Waals surface area contributed by atoms with Crippen LogP contribution in [-0.2, 0) is 6.42 Å². The van der Waals surface area contributed by atoms with Gasteiger partial charge in [0.25, 0.3) is 0 Å². The second-order valence-electron chi connectivity index (χ2n) is 5.18. The molecule has 0 bridgehead atoms. The average molecular weight is 321 g/mol. The lowest BCUT2D eigenvalue weighted by molar-refractivity contribution is 1.24. The number of benzene rings is 1. The number of thioether (sulfide) groups is 1. The molecule has 0 heterocycles. The van der Waals surface area contributed by atoms with Crippen molar-refractivity contribution in [2.24, 2.45) is 4.99 Å². The zero-order valence-corrected chi connectivity index (χ0v) is 14.9. The Balaban J connectivity index is 3.14. The molecule has 0 N–H and O–H groups in total. The molecule has 0 saturated heterocycles. The van der Waals surface area contributed by atoms with Crippen LogP contribution in [0.15, 0.2) is 81.2 Å². The Labute approximate surface area is 144 Å². The molecule has 0 aliphatic heterocycles. The normalized spacial score (nSPS) is 11.6. The van der Waals surface area contributed by atoms with Crippen molar-refractivity contribution in [1.82, 2.24) is 0 Å². The Kier molecular flexibility index (Phi) is 7.94. The molecule has 0 atom stereocenters. The monoisotopic (exact) mass is 321 g/mol. The van der Waals surface area contributed by atoms with E-state index in [1.807, 2.05) is 39.0 Å². The zero-order chi connectivity index (χ0) is 17.2. The molecule has 1 aromatic carbocycles. The van der Waals surface area contributed by atoms with Crippen molar-refractivity contribution >= 4 is 18.0 Å². The summed E-state index contributed by atoms with van der Waals surface area (Å²) in [5, 5.41) is 0. The van der Waals surface area contributed by atoms with Crippen LogP contribution >= 0.6 is 11.8 Å². The molecule has 0 spiro atoms. The van der Waals surface area contributed by atoms with Crippen molar-refractivity contribution < 1.29 is 0 Å². The Morgan fingerprint density at radius 3 is 2.70 bits per heavy atom. The van der Waals surface area contributed by atoms with Gasteiger partial charge in [0.1, 0.15) is 0 Å². The van der Waals surface area contributed by atoms with Gasteiger partial charge in [-0.2, -0.15) is 0 Å². The van der Waals surface area contributed by atoms with Crippen molar-refractivity contribution in [3.63, 3.8) is 0 Å². The van der Waals surface area contributed by atoms with Gasteiger partial charge in [-0.15, -0.1) is 13.0 Å². The third-order valence-corrected chi connectivity index (χ3v) is 3.83. The largest absolute Gasteiger partial charge is 0.260 e. The van der Waals surface area contributed by atoms with Crippen LogP contribution in [0.1, 0.15) is 26.3 Å². The summed E-state index contributed by atoms with van der Waals surface area (Å²) in [6, 6.07) is 8.31. The highest BCUT2D eigenvalue weighted by molar-refractivity contribution is 8.03. The lowest BCUT2D eigenvalue weighted by Gasteiger charge is -2.09. The Bertz CT molecular complexity index is 708. The zero-order valence-electron chi connectivity index (χ0n) is 14.1. The number of aliphatic imine (C=N–C) groups is 1. The van der Waals surface area contributed by atoms with Gasteiger partial charge in [0, 0.05) is 16.0 Å². The van der Waals surface area contributed by atoms with Crippen molar-refractivity contribution in [2.45, 2.75) is 32.1 Å². The maximum Gasteiger partial charge on any atom is 0.0792 e. The fourth-order valence-electron chi connectivity index (χ4n) is 1.98. The molecular weight excluding hydrogens is 298 g/mol. The molecule has 0 amide bonds. The summed E-state index contributed by atoms with van der Waals surface area (Å²) >= 11 is 1.57. The minimum Gasteiger partial charge on any atom is -0.260 e. The molecule has 0 unspecified atom stereocenters. The number of terminal acetylenes is 1. The lowest BCUT2D eigenvalue weighted by Crippen LogP contribution is -1.89. The van der Waals surface area contributed by atoms with Crippen LogP contribution < -0.4 is 0 Å². The number of nitrogens with zero attached hydrogens (tertiary/aromatic N) is 1. The van der Waals surface area contributed by atoms with Crippen molar-refractivity contribution in [3.8, 4) is 12.3 Å². The predicted molar refractivity (Wildman–Crippen MR) is 105 cm³/mol. The van der Waals surface area contributed by atoms with Gasteiger partial charge in [0.2, 0.25) is 0 Å². The van der Waals surface area contributed by atoms with E-state index in [1.54, 1.807) is 18.0 Å². The molecular formula is C21H23NS. The van der Waals surface area contributed by atoms with Crippen LogP contribution in [0.3, 0.4) is 0 Å². The van der Waals surface area contributed by atoms with Crippen LogP contribution in [-0.4, -0.2) is 6.21 Å². The van der Waals surface area contributed by atoms with E-state index in [0.717, 1.165) is 33.1 Å². The predicted octanol–water partition coefficient (Wildman–Crippen LogP) is 5.97. The van der Waals surface area contributed by atoms with E-state index in [2.05, 4.69) is 42.3 Å². The molecule has 1 nitrogen and oxygen atoms in total. The first-order chi connectivity index (χ1) is 11.0.